The van der Waals surface area contributed by atoms with Gasteiger partial charge in [-0.1, -0.05) is 0 Å². The van der Waals surface area contributed by atoms with Crippen LogP contribution in [-0.2, 0) is 4.74 Å². The highest BCUT2D eigenvalue weighted by Crippen LogP contribution is 2.30. The maximum atomic E-state index is 6.13. The molecule has 1 aliphatic carbocycles. The highest BCUT2D eigenvalue weighted by atomic mass is 16.5. The minimum Gasteiger partial charge on any atom is -0.380 e. The predicted molar refractivity (Wildman–Crippen MR) is 99.0 cm³/mol. The largest absolute Gasteiger partial charge is 0.380 e. The van der Waals surface area contributed by atoms with Crippen molar-refractivity contribution >= 4 is 12.1 Å². The molecule has 136 valence electrons. The number of amidine groups is 1. The minimum absolute atomic E-state index is 0.174. The molecule has 1 saturated heterocycles. The highest BCUT2D eigenvalue weighted by Gasteiger charge is 2.33. The number of piperazine rings is 1. The fraction of sp³-hybridized carbons (Fsp3) is 0.889. The number of hydrogen-bond acceptors (Lipinski definition) is 6. The predicted octanol–water partition coefficient (Wildman–Crippen LogP) is 1.01. The summed E-state index contributed by atoms with van der Waals surface area (Å²) >= 11 is 0. The van der Waals surface area contributed by atoms with E-state index in [1.807, 2.05) is 6.21 Å². The summed E-state index contributed by atoms with van der Waals surface area (Å²) in [6.45, 7) is 9.68. The SMILES string of the molecule is COC1CC(C2CN=C(N3CCN(C(C)C)CC3)C=N2)CCC1N. The van der Waals surface area contributed by atoms with Crippen LogP contribution in [0.15, 0.2) is 9.98 Å². The Morgan fingerprint density at radius 1 is 1.21 bits per heavy atom. The fourth-order valence-corrected chi connectivity index (χ4v) is 4.16. The lowest BCUT2D eigenvalue weighted by Crippen LogP contribution is -2.52. The molecule has 6 heteroatoms. The summed E-state index contributed by atoms with van der Waals surface area (Å²) in [5.74, 6) is 1.62. The van der Waals surface area contributed by atoms with Crippen molar-refractivity contribution in [2.75, 3.05) is 39.8 Å². The van der Waals surface area contributed by atoms with Crippen LogP contribution in [0.3, 0.4) is 0 Å². The number of aliphatic imine (C=N–C) groups is 2. The first-order valence-electron chi connectivity index (χ1n) is 9.43. The molecular formula is C18H33N5O. The molecule has 6 nitrogen and oxygen atoms in total. The van der Waals surface area contributed by atoms with E-state index in [4.69, 9.17) is 20.5 Å². The zero-order valence-corrected chi connectivity index (χ0v) is 15.4. The van der Waals surface area contributed by atoms with E-state index in [0.717, 1.165) is 57.8 Å². The summed E-state index contributed by atoms with van der Waals surface area (Å²) < 4.78 is 5.54. The molecule has 0 radical (unpaired) electrons. The molecule has 0 aromatic rings. The Morgan fingerprint density at radius 3 is 2.54 bits per heavy atom. The lowest BCUT2D eigenvalue weighted by Gasteiger charge is -2.39. The van der Waals surface area contributed by atoms with Crippen LogP contribution >= 0.6 is 0 Å². The molecule has 24 heavy (non-hydrogen) atoms. The van der Waals surface area contributed by atoms with Gasteiger partial charge in [0, 0.05) is 45.4 Å². The lowest BCUT2D eigenvalue weighted by molar-refractivity contribution is 0.0304. The Kier molecular flexibility index (Phi) is 5.89. The first-order valence-corrected chi connectivity index (χ1v) is 9.43. The van der Waals surface area contributed by atoms with Crippen molar-refractivity contribution in [2.24, 2.45) is 21.6 Å². The van der Waals surface area contributed by atoms with E-state index in [1.165, 1.54) is 0 Å². The van der Waals surface area contributed by atoms with Gasteiger partial charge in [-0.05, 0) is 39.0 Å². The molecule has 2 heterocycles. The van der Waals surface area contributed by atoms with E-state index >= 15 is 0 Å². The summed E-state index contributed by atoms with van der Waals surface area (Å²) in [6, 6.07) is 1.11. The van der Waals surface area contributed by atoms with Gasteiger partial charge in [-0.3, -0.25) is 14.9 Å². The molecule has 3 aliphatic rings. The average molecular weight is 335 g/mol. The second kappa shape index (κ2) is 7.93. The van der Waals surface area contributed by atoms with E-state index in [0.29, 0.717) is 18.0 Å². The van der Waals surface area contributed by atoms with Gasteiger partial charge in [-0.25, -0.2) is 0 Å². The van der Waals surface area contributed by atoms with Crippen LogP contribution < -0.4 is 5.73 Å². The van der Waals surface area contributed by atoms with E-state index in [9.17, 15) is 0 Å². The normalized spacial score (nSPS) is 35.4. The molecule has 0 spiro atoms. The van der Waals surface area contributed by atoms with Crippen LogP contribution in [0, 0.1) is 5.92 Å². The quantitative estimate of drug-likeness (QED) is 0.836. The summed E-state index contributed by atoms with van der Waals surface area (Å²) in [5.41, 5.74) is 6.13. The standard InChI is InChI=1S/C18H33N5O/c1-13(2)22-6-8-23(9-7-22)18-12-20-16(11-21-18)14-4-5-15(19)17(10-14)24-3/h12-17H,4-11,19H2,1-3H3. The number of nitrogens with two attached hydrogens (primary N) is 1. The zero-order chi connectivity index (χ0) is 17.1. The molecule has 3 rings (SSSR count). The van der Waals surface area contributed by atoms with Crippen molar-refractivity contribution in [3.05, 3.63) is 0 Å². The van der Waals surface area contributed by atoms with Crippen LogP contribution in [0.5, 0.6) is 0 Å². The Balaban J connectivity index is 1.51. The Bertz CT molecular complexity index is 470. The number of hydrogen-bond donors (Lipinski definition) is 1. The van der Waals surface area contributed by atoms with Gasteiger partial charge in [0.15, 0.2) is 0 Å². The summed E-state index contributed by atoms with van der Waals surface area (Å²) in [7, 11) is 1.77. The Labute approximate surface area is 146 Å². The third-order valence-corrected chi connectivity index (χ3v) is 5.92. The number of rotatable bonds is 3. The first kappa shape index (κ1) is 17.8. The van der Waals surface area contributed by atoms with Crippen molar-refractivity contribution < 1.29 is 4.74 Å². The minimum atomic E-state index is 0.174. The molecule has 2 fully saturated rings. The van der Waals surface area contributed by atoms with Crippen LogP contribution in [-0.4, -0.2) is 85.9 Å². The molecule has 4 atom stereocenters. The summed E-state index contributed by atoms with van der Waals surface area (Å²) in [6.07, 6.45) is 5.37. The van der Waals surface area contributed by atoms with Crippen molar-refractivity contribution in [1.82, 2.24) is 9.80 Å². The fourth-order valence-electron chi connectivity index (χ4n) is 4.16. The first-order chi connectivity index (χ1) is 11.6. The topological polar surface area (TPSA) is 66.5 Å². The average Bonchev–Trinajstić information content (AvgIpc) is 2.62. The number of ether oxygens (including phenoxy) is 1. The third kappa shape index (κ3) is 3.98. The van der Waals surface area contributed by atoms with E-state index < -0.39 is 0 Å². The van der Waals surface area contributed by atoms with Crippen LogP contribution in [0.2, 0.25) is 0 Å². The molecule has 0 aromatic heterocycles. The van der Waals surface area contributed by atoms with Gasteiger partial charge in [0.2, 0.25) is 0 Å². The molecule has 0 bridgehead atoms. The molecule has 0 aromatic carbocycles. The number of methoxy groups -OCH3 is 1. The second-order valence-electron chi connectivity index (χ2n) is 7.67. The monoisotopic (exact) mass is 335 g/mol. The maximum Gasteiger partial charge on any atom is 0.142 e. The van der Waals surface area contributed by atoms with E-state index in [2.05, 4.69) is 23.6 Å². The van der Waals surface area contributed by atoms with Gasteiger partial charge in [-0.2, -0.15) is 0 Å². The van der Waals surface area contributed by atoms with Crippen LogP contribution in [0.4, 0.5) is 0 Å². The molecule has 2 aliphatic heterocycles. The van der Waals surface area contributed by atoms with Gasteiger partial charge >= 0.3 is 0 Å². The molecule has 2 N–H and O–H groups in total. The smallest absolute Gasteiger partial charge is 0.142 e. The zero-order valence-electron chi connectivity index (χ0n) is 15.4. The van der Waals surface area contributed by atoms with Crippen molar-refractivity contribution in [3.8, 4) is 0 Å². The van der Waals surface area contributed by atoms with E-state index in [1.54, 1.807) is 7.11 Å². The summed E-state index contributed by atoms with van der Waals surface area (Å²) in [4.78, 5) is 14.6. The van der Waals surface area contributed by atoms with Crippen LogP contribution in [0.25, 0.3) is 0 Å². The molecule has 1 saturated carbocycles. The molecule has 4 unspecified atom stereocenters. The molecular weight excluding hydrogens is 302 g/mol. The lowest BCUT2D eigenvalue weighted by atomic mass is 9.80. The molecule has 0 amide bonds. The number of nitrogens with zero attached hydrogens (tertiary/aromatic N) is 4. The third-order valence-electron chi connectivity index (χ3n) is 5.92. The van der Waals surface area contributed by atoms with Crippen molar-refractivity contribution in [3.63, 3.8) is 0 Å². The second-order valence-corrected chi connectivity index (χ2v) is 7.67. The highest BCUT2D eigenvalue weighted by molar-refractivity contribution is 6.29. The van der Waals surface area contributed by atoms with Crippen LogP contribution in [0.1, 0.15) is 33.1 Å². The Hall–Kier alpha value is -0.980. The van der Waals surface area contributed by atoms with Crippen molar-refractivity contribution in [1.29, 1.82) is 0 Å². The Morgan fingerprint density at radius 2 is 1.96 bits per heavy atom. The van der Waals surface area contributed by atoms with Crippen molar-refractivity contribution in [2.45, 2.75) is 57.3 Å². The van der Waals surface area contributed by atoms with Gasteiger partial charge in [0.25, 0.3) is 0 Å². The van der Waals surface area contributed by atoms with Gasteiger partial charge in [0.05, 0.1) is 24.9 Å². The van der Waals surface area contributed by atoms with E-state index in [-0.39, 0.29) is 12.1 Å². The van der Waals surface area contributed by atoms with Gasteiger partial charge in [0.1, 0.15) is 5.84 Å². The van der Waals surface area contributed by atoms with Gasteiger partial charge < -0.3 is 15.4 Å². The maximum absolute atomic E-state index is 6.13. The summed E-state index contributed by atoms with van der Waals surface area (Å²) in [5, 5.41) is 0. The van der Waals surface area contributed by atoms with Gasteiger partial charge in [-0.15, -0.1) is 0 Å².